The standard InChI is InChI=1S/C21H15Cl2N5O/c1-29-10-11-7-14(22)17(15(23)8-11)21-27-18-12-4-6-24-9-16(12)26-20-13(19(18)28-21)3-2-5-25-20/h2-9H,10H2,1H3,(H,25,26)(H,27,28). The first-order valence-electron chi connectivity index (χ1n) is 8.89. The van der Waals surface area contributed by atoms with Gasteiger partial charge < -0.3 is 15.0 Å². The lowest BCUT2D eigenvalue weighted by molar-refractivity contribution is 0.185. The van der Waals surface area contributed by atoms with Crippen molar-refractivity contribution in [3.8, 4) is 33.9 Å². The molecule has 29 heavy (non-hydrogen) atoms. The van der Waals surface area contributed by atoms with E-state index < -0.39 is 0 Å². The van der Waals surface area contributed by atoms with Gasteiger partial charge in [0.2, 0.25) is 0 Å². The van der Waals surface area contributed by atoms with E-state index in [1.54, 1.807) is 25.7 Å². The fourth-order valence-electron chi connectivity index (χ4n) is 3.52. The molecule has 0 spiro atoms. The van der Waals surface area contributed by atoms with Gasteiger partial charge in [-0.3, -0.25) is 4.98 Å². The molecule has 4 heterocycles. The summed E-state index contributed by atoms with van der Waals surface area (Å²) in [5, 5.41) is 4.35. The summed E-state index contributed by atoms with van der Waals surface area (Å²) in [4.78, 5) is 17.0. The van der Waals surface area contributed by atoms with Crippen LogP contribution in [-0.4, -0.2) is 27.0 Å². The van der Waals surface area contributed by atoms with Gasteiger partial charge in [0.25, 0.3) is 0 Å². The highest BCUT2D eigenvalue weighted by Crippen LogP contribution is 2.44. The van der Waals surface area contributed by atoms with Gasteiger partial charge in [-0.05, 0) is 35.9 Å². The van der Waals surface area contributed by atoms with Crippen molar-refractivity contribution in [2.75, 3.05) is 12.4 Å². The molecule has 0 aliphatic carbocycles. The second-order valence-corrected chi connectivity index (χ2v) is 7.44. The number of imidazole rings is 1. The highest BCUT2D eigenvalue weighted by molar-refractivity contribution is 6.39. The molecule has 0 unspecified atom stereocenters. The molecule has 0 radical (unpaired) electrons. The molecule has 1 aliphatic heterocycles. The number of anilines is 2. The van der Waals surface area contributed by atoms with E-state index in [9.17, 15) is 0 Å². The fourth-order valence-corrected chi connectivity index (χ4v) is 4.23. The van der Waals surface area contributed by atoms with Gasteiger partial charge in [-0.1, -0.05) is 23.2 Å². The predicted octanol–water partition coefficient (Wildman–Crippen LogP) is 5.71. The van der Waals surface area contributed by atoms with E-state index in [1.165, 1.54) is 0 Å². The normalized spacial score (nSPS) is 11.8. The number of nitrogens with one attached hydrogen (secondary N) is 2. The van der Waals surface area contributed by atoms with Crippen LogP contribution < -0.4 is 5.32 Å². The number of methoxy groups -OCH3 is 1. The maximum atomic E-state index is 6.57. The fraction of sp³-hybridized carbons (Fsp3) is 0.0952. The second-order valence-electron chi connectivity index (χ2n) is 6.62. The Hall–Kier alpha value is -2.93. The number of ether oxygens (including phenoxy) is 1. The Morgan fingerprint density at radius 2 is 1.90 bits per heavy atom. The van der Waals surface area contributed by atoms with E-state index in [2.05, 4.69) is 20.3 Å². The SMILES string of the molecule is COCc1cc(Cl)c(-c2nc3c([nH]2)-c2ccncc2Nc2ncccc2-3)c(Cl)c1. The Morgan fingerprint density at radius 3 is 2.69 bits per heavy atom. The Balaban J connectivity index is 1.74. The van der Waals surface area contributed by atoms with Gasteiger partial charge >= 0.3 is 0 Å². The molecule has 4 aromatic rings. The smallest absolute Gasteiger partial charge is 0.141 e. The number of aromatic amines is 1. The predicted molar refractivity (Wildman–Crippen MR) is 115 cm³/mol. The summed E-state index contributed by atoms with van der Waals surface area (Å²) in [6.07, 6.45) is 5.25. The summed E-state index contributed by atoms with van der Waals surface area (Å²) in [6.45, 7) is 0.430. The number of fused-ring (bicyclic) bond motifs is 5. The summed E-state index contributed by atoms with van der Waals surface area (Å²) in [7, 11) is 1.63. The minimum Gasteiger partial charge on any atom is -0.380 e. The summed E-state index contributed by atoms with van der Waals surface area (Å²) >= 11 is 13.1. The minimum atomic E-state index is 0.430. The zero-order valence-electron chi connectivity index (χ0n) is 15.3. The number of hydrogen-bond donors (Lipinski definition) is 2. The highest BCUT2D eigenvalue weighted by atomic mass is 35.5. The van der Waals surface area contributed by atoms with Crippen molar-refractivity contribution in [3.05, 3.63) is 64.5 Å². The maximum absolute atomic E-state index is 6.57. The van der Waals surface area contributed by atoms with E-state index in [0.717, 1.165) is 33.8 Å². The Bertz CT molecular complexity index is 1150. The second kappa shape index (κ2) is 7.15. The van der Waals surface area contributed by atoms with Crippen molar-refractivity contribution < 1.29 is 4.74 Å². The molecule has 0 amide bonds. The maximum Gasteiger partial charge on any atom is 0.141 e. The summed E-state index contributed by atoms with van der Waals surface area (Å²) in [6, 6.07) is 9.47. The van der Waals surface area contributed by atoms with Crippen LogP contribution in [0.2, 0.25) is 10.0 Å². The van der Waals surface area contributed by atoms with Crippen LogP contribution in [0.15, 0.2) is 48.9 Å². The van der Waals surface area contributed by atoms with Crippen molar-refractivity contribution in [2.24, 2.45) is 0 Å². The first-order chi connectivity index (χ1) is 14.2. The average molecular weight is 424 g/mol. The molecular weight excluding hydrogens is 409 g/mol. The van der Waals surface area contributed by atoms with Crippen LogP contribution >= 0.6 is 23.2 Å². The van der Waals surface area contributed by atoms with Crippen LogP contribution in [-0.2, 0) is 11.3 Å². The number of pyridine rings is 2. The number of benzene rings is 1. The quantitative estimate of drug-likeness (QED) is 0.388. The van der Waals surface area contributed by atoms with Gasteiger partial charge in [-0.2, -0.15) is 0 Å². The van der Waals surface area contributed by atoms with E-state index in [-0.39, 0.29) is 0 Å². The molecule has 2 N–H and O–H groups in total. The highest BCUT2D eigenvalue weighted by Gasteiger charge is 2.25. The zero-order valence-corrected chi connectivity index (χ0v) is 16.8. The number of rotatable bonds is 3. The molecule has 1 aliphatic rings. The Morgan fingerprint density at radius 1 is 1.07 bits per heavy atom. The average Bonchev–Trinajstić information content (AvgIpc) is 3.08. The van der Waals surface area contributed by atoms with Crippen LogP contribution in [0.3, 0.4) is 0 Å². The summed E-state index contributed by atoms with van der Waals surface area (Å²) in [5.41, 5.74) is 5.83. The van der Waals surface area contributed by atoms with E-state index in [1.807, 2.05) is 30.3 Å². The topological polar surface area (TPSA) is 75.7 Å². The van der Waals surface area contributed by atoms with Gasteiger partial charge in [0.15, 0.2) is 0 Å². The molecule has 0 atom stereocenters. The number of hydrogen-bond acceptors (Lipinski definition) is 5. The lowest BCUT2D eigenvalue weighted by atomic mass is 10.1. The van der Waals surface area contributed by atoms with Crippen molar-refractivity contribution in [2.45, 2.75) is 6.61 Å². The van der Waals surface area contributed by atoms with Crippen LogP contribution in [0.25, 0.3) is 33.9 Å². The number of nitrogens with zero attached hydrogens (tertiary/aromatic N) is 3. The molecular formula is C21H15Cl2N5O. The lowest BCUT2D eigenvalue weighted by Crippen LogP contribution is -1.96. The molecule has 0 saturated carbocycles. The molecule has 1 aromatic carbocycles. The van der Waals surface area contributed by atoms with Crippen molar-refractivity contribution in [1.29, 1.82) is 0 Å². The molecule has 3 aromatic heterocycles. The van der Waals surface area contributed by atoms with Crippen LogP contribution in [0, 0.1) is 0 Å². The molecule has 0 saturated heterocycles. The van der Waals surface area contributed by atoms with Gasteiger partial charge in [-0.15, -0.1) is 0 Å². The van der Waals surface area contributed by atoms with E-state index in [0.29, 0.717) is 33.9 Å². The molecule has 144 valence electrons. The van der Waals surface area contributed by atoms with Crippen LogP contribution in [0.5, 0.6) is 0 Å². The zero-order chi connectivity index (χ0) is 20.0. The minimum absolute atomic E-state index is 0.430. The van der Waals surface area contributed by atoms with Gasteiger partial charge in [0.05, 0.1) is 39.8 Å². The first kappa shape index (κ1) is 18.1. The largest absolute Gasteiger partial charge is 0.380 e. The Labute approximate surface area is 176 Å². The van der Waals surface area contributed by atoms with Crippen LogP contribution in [0.1, 0.15) is 5.56 Å². The molecule has 0 fully saturated rings. The number of aromatic nitrogens is 4. The molecule has 6 nitrogen and oxygen atoms in total. The van der Waals surface area contributed by atoms with E-state index >= 15 is 0 Å². The van der Waals surface area contributed by atoms with Crippen molar-refractivity contribution in [3.63, 3.8) is 0 Å². The lowest BCUT2D eigenvalue weighted by Gasteiger charge is -2.09. The molecule has 8 heteroatoms. The molecule has 5 rings (SSSR count). The van der Waals surface area contributed by atoms with Gasteiger partial charge in [0, 0.05) is 30.6 Å². The third-order valence-electron chi connectivity index (χ3n) is 4.76. The van der Waals surface area contributed by atoms with Crippen molar-refractivity contribution >= 4 is 34.7 Å². The third kappa shape index (κ3) is 3.06. The van der Waals surface area contributed by atoms with Gasteiger partial charge in [0.1, 0.15) is 17.3 Å². The third-order valence-corrected chi connectivity index (χ3v) is 5.36. The summed E-state index contributed by atoms with van der Waals surface area (Å²) < 4.78 is 5.18. The number of H-pyrrole nitrogens is 1. The Kier molecular flexibility index (Phi) is 4.47. The van der Waals surface area contributed by atoms with Gasteiger partial charge in [-0.25, -0.2) is 9.97 Å². The summed E-state index contributed by atoms with van der Waals surface area (Å²) in [5.74, 6) is 1.31. The van der Waals surface area contributed by atoms with Crippen molar-refractivity contribution in [1.82, 2.24) is 19.9 Å². The number of halogens is 2. The first-order valence-corrected chi connectivity index (χ1v) is 9.65. The van der Waals surface area contributed by atoms with E-state index in [4.69, 9.17) is 32.9 Å². The monoisotopic (exact) mass is 423 g/mol. The molecule has 0 bridgehead atoms. The van der Waals surface area contributed by atoms with Crippen LogP contribution in [0.4, 0.5) is 11.5 Å².